The molecule has 0 rings (SSSR count). The normalized spacial score (nSPS) is 16.1. The maximum atomic E-state index is 13.1. The van der Waals surface area contributed by atoms with E-state index in [2.05, 4.69) is 4.74 Å². The Morgan fingerprint density at radius 2 is 2.07 bits per heavy atom. The summed E-state index contributed by atoms with van der Waals surface area (Å²) in [6.45, 7) is 1.39. The van der Waals surface area contributed by atoms with Crippen molar-refractivity contribution in [2.24, 2.45) is 5.92 Å². The Morgan fingerprint density at radius 3 is 2.43 bits per heavy atom. The number of aliphatic hydroxyl groups is 2. The van der Waals surface area contributed by atoms with E-state index in [1.807, 2.05) is 0 Å². The Kier molecular flexibility index (Phi) is 4.93. The molecule has 0 heterocycles. The average molecular weight is 212 g/mol. The molecular formula is C8H14F2O4. The summed E-state index contributed by atoms with van der Waals surface area (Å²) in [5.41, 5.74) is 0. The van der Waals surface area contributed by atoms with Crippen LogP contribution in [0.15, 0.2) is 0 Å². The first-order valence-corrected chi connectivity index (χ1v) is 4.21. The fourth-order valence-corrected chi connectivity index (χ4v) is 0.813. The lowest BCUT2D eigenvalue weighted by molar-refractivity contribution is -0.186. The molecule has 1 unspecified atom stereocenters. The molecule has 84 valence electrons. The Bertz CT molecular complexity index is 196. The van der Waals surface area contributed by atoms with Crippen molar-refractivity contribution in [1.29, 1.82) is 0 Å². The Morgan fingerprint density at radius 1 is 1.57 bits per heavy atom. The lowest BCUT2D eigenvalue weighted by Crippen LogP contribution is -2.44. The maximum Gasteiger partial charge on any atom is 0.377 e. The van der Waals surface area contributed by atoms with Gasteiger partial charge in [0.05, 0.1) is 25.2 Å². The minimum atomic E-state index is -3.78. The lowest BCUT2D eigenvalue weighted by Gasteiger charge is -2.24. The highest BCUT2D eigenvalue weighted by atomic mass is 19.3. The summed E-state index contributed by atoms with van der Waals surface area (Å²) < 4.78 is 30.3. The number of rotatable bonds is 5. The molecule has 0 amide bonds. The Labute approximate surface area is 80.5 Å². The van der Waals surface area contributed by atoms with Gasteiger partial charge in [0.1, 0.15) is 0 Å². The first-order valence-electron chi connectivity index (χ1n) is 4.21. The van der Waals surface area contributed by atoms with E-state index in [1.54, 1.807) is 0 Å². The summed E-state index contributed by atoms with van der Waals surface area (Å²) >= 11 is 0. The summed E-state index contributed by atoms with van der Waals surface area (Å²) in [7, 11) is 0. The van der Waals surface area contributed by atoms with E-state index in [1.165, 1.54) is 6.92 Å². The number of carbonyl (C=O) groups is 1. The molecule has 2 N–H and O–H groups in total. The molecule has 0 aromatic heterocycles. The van der Waals surface area contributed by atoms with E-state index in [9.17, 15) is 13.6 Å². The second-order valence-corrected chi connectivity index (χ2v) is 2.88. The topological polar surface area (TPSA) is 66.8 Å². The fraction of sp³-hybridized carbons (Fsp3) is 0.875. The van der Waals surface area contributed by atoms with Gasteiger partial charge in [-0.25, -0.2) is 4.79 Å². The third-order valence-electron chi connectivity index (χ3n) is 1.88. The van der Waals surface area contributed by atoms with Gasteiger partial charge in [0.15, 0.2) is 0 Å². The van der Waals surface area contributed by atoms with Crippen LogP contribution in [0.25, 0.3) is 0 Å². The van der Waals surface area contributed by atoms with E-state index in [4.69, 9.17) is 10.2 Å². The molecule has 0 radical (unpaired) electrons. The standard InChI is InChI=1S/C8H14F2O4/c1-3-14-7(13)8(9,10)5(2)6(12)4-11/h5-6,11-12H,3-4H2,1-2H3/t5?,6-/m1/s1. The second kappa shape index (κ2) is 5.21. The molecular weight excluding hydrogens is 198 g/mol. The van der Waals surface area contributed by atoms with Crippen molar-refractivity contribution in [1.82, 2.24) is 0 Å². The van der Waals surface area contributed by atoms with Crippen molar-refractivity contribution in [3.63, 3.8) is 0 Å². The van der Waals surface area contributed by atoms with Crippen molar-refractivity contribution in [2.75, 3.05) is 13.2 Å². The molecule has 0 saturated carbocycles. The minimum absolute atomic E-state index is 0.156. The SMILES string of the molecule is CCOC(=O)C(F)(F)C(C)[C@H](O)CO. The lowest BCUT2D eigenvalue weighted by atomic mass is 9.97. The second-order valence-electron chi connectivity index (χ2n) is 2.88. The van der Waals surface area contributed by atoms with E-state index in [-0.39, 0.29) is 6.61 Å². The molecule has 0 aromatic carbocycles. The number of esters is 1. The van der Waals surface area contributed by atoms with Gasteiger partial charge in [-0.2, -0.15) is 8.78 Å². The van der Waals surface area contributed by atoms with Crippen LogP contribution in [0.1, 0.15) is 13.8 Å². The molecule has 0 aliphatic carbocycles. The third kappa shape index (κ3) is 2.88. The molecule has 0 aromatic rings. The summed E-state index contributed by atoms with van der Waals surface area (Å²) in [6.07, 6.45) is -1.64. The summed E-state index contributed by atoms with van der Waals surface area (Å²) in [4.78, 5) is 10.8. The highest BCUT2D eigenvalue weighted by Crippen LogP contribution is 2.28. The third-order valence-corrected chi connectivity index (χ3v) is 1.88. The minimum Gasteiger partial charge on any atom is -0.462 e. The van der Waals surface area contributed by atoms with Crippen molar-refractivity contribution in [3.8, 4) is 0 Å². The van der Waals surface area contributed by atoms with Crippen LogP contribution in [0.2, 0.25) is 0 Å². The van der Waals surface area contributed by atoms with Gasteiger partial charge >= 0.3 is 11.9 Å². The predicted octanol–water partition coefficient (Wildman–Crippen LogP) is 0.174. The molecule has 0 saturated heterocycles. The van der Waals surface area contributed by atoms with Crippen LogP contribution in [0.3, 0.4) is 0 Å². The summed E-state index contributed by atoms with van der Waals surface area (Å²) in [5, 5.41) is 17.4. The number of halogens is 2. The number of hydrogen-bond donors (Lipinski definition) is 2. The Balaban J connectivity index is 4.50. The zero-order chi connectivity index (χ0) is 11.4. The van der Waals surface area contributed by atoms with Gasteiger partial charge in [-0.15, -0.1) is 0 Å². The molecule has 0 fully saturated rings. The van der Waals surface area contributed by atoms with E-state index < -0.39 is 30.5 Å². The van der Waals surface area contributed by atoms with Gasteiger partial charge in [-0.3, -0.25) is 0 Å². The molecule has 14 heavy (non-hydrogen) atoms. The van der Waals surface area contributed by atoms with Gasteiger partial charge in [-0.1, -0.05) is 6.92 Å². The predicted molar refractivity (Wildman–Crippen MR) is 43.8 cm³/mol. The van der Waals surface area contributed by atoms with Crippen molar-refractivity contribution in [3.05, 3.63) is 0 Å². The molecule has 0 bridgehead atoms. The highest BCUT2D eigenvalue weighted by Gasteiger charge is 2.49. The Hall–Kier alpha value is -0.750. The molecule has 6 heteroatoms. The van der Waals surface area contributed by atoms with Crippen LogP contribution in [0.5, 0.6) is 0 Å². The first-order chi connectivity index (χ1) is 6.37. The van der Waals surface area contributed by atoms with Crippen LogP contribution < -0.4 is 0 Å². The smallest absolute Gasteiger partial charge is 0.377 e. The number of carbonyl (C=O) groups excluding carboxylic acids is 1. The molecule has 4 nitrogen and oxygen atoms in total. The zero-order valence-corrected chi connectivity index (χ0v) is 8.04. The van der Waals surface area contributed by atoms with Crippen LogP contribution in [-0.4, -0.2) is 41.4 Å². The number of hydrogen-bond acceptors (Lipinski definition) is 4. The molecule has 0 aliphatic heterocycles. The van der Waals surface area contributed by atoms with Crippen molar-refractivity contribution < 1.29 is 28.5 Å². The van der Waals surface area contributed by atoms with Gasteiger partial charge in [0.2, 0.25) is 0 Å². The van der Waals surface area contributed by atoms with Gasteiger partial charge in [-0.05, 0) is 6.92 Å². The fourth-order valence-electron chi connectivity index (χ4n) is 0.813. The van der Waals surface area contributed by atoms with Gasteiger partial charge in [0, 0.05) is 0 Å². The zero-order valence-electron chi connectivity index (χ0n) is 8.04. The molecule has 0 aliphatic rings. The molecule has 2 atom stereocenters. The van der Waals surface area contributed by atoms with E-state index >= 15 is 0 Å². The van der Waals surface area contributed by atoms with Crippen molar-refractivity contribution in [2.45, 2.75) is 25.9 Å². The first kappa shape index (κ1) is 13.2. The molecule has 0 spiro atoms. The van der Waals surface area contributed by atoms with E-state index in [0.29, 0.717) is 0 Å². The highest BCUT2D eigenvalue weighted by molar-refractivity contribution is 5.77. The number of ether oxygens (including phenoxy) is 1. The average Bonchev–Trinajstić information content (AvgIpc) is 2.15. The van der Waals surface area contributed by atoms with E-state index in [0.717, 1.165) is 6.92 Å². The summed E-state index contributed by atoms with van der Waals surface area (Å²) in [6, 6.07) is 0. The van der Waals surface area contributed by atoms with Crippen LogP contribution in [0, 0.1) is 5.92 Å². The monoisotopic (exact) mass is 212 g/mol. The van der Waals surface area contributed by atoms with Crippen LogP contribution in [-0.2, 0) is 9.53 Å². The van der Waals surface area contributed by atoms with Crippen LogP contribution >= 0.6 is 0 Å². The maximum absolute atomic E-state index is 13.1. The van der Waals surface area contributed by atoms with Crippen molar-refractivity contribution >= 4 is 5.97 Å². The van der Waals surface area contributed by atoms with Gasteiger partial charge in [0.25, 0.3) is 0 Å². The largest absolute Gasteiger partial charge is 0.462 e. The summed E-state index contributed by atoms with van der Waals surface area (Å²) in [5.74, 6) is -7.13. The number of alkyl halides is 2. The number of aliphatic hydroxyl groups excluding tert-OH is 2. The van der Waals surface area contributed by atoms with Crippen LogP contribution in [0.4, 0.5) is 8.78 Å². The van der Waals surface area contributed by atoms with Gasteiger partial charge < -0.3 is 14.9 Å². The quantitative estimate of drug-likeness (QED) is 0.638.